The number of carbonyl (C=O) groups is 1. The first kappa shape index (κ1) is 10.6. The SMILES string of the molecule is O=C(O)c1cnccc1Sc1ccncc1. The van der Waals surface area contributed by atoms with Gasteiger partial charge in [0.1, 0.15) is 0 Å². The monoisotopic (exact) mass is 232 g/mol. The summed E-state index contributed by atoms with van der Waals surface area (Å²) >= 11 is 1.38. The van der Waals surface area contributed by atoms with E-state index >= 15 is 0 Å². The molecule has 2 rings (SSSR count). The van der Waals surface area contributed by atoms with Crippen molar-refractivity contribution in [1.29, 1.82) is 0 Å². The zero-order valence-corrected chi connectivity index (χ0v) is 9.02. The normalized spacial score (nSPS) is 10.0. The van der Waals surface area contributed by atoms with Crippen molar-refractivity contribution in [3.63, 3.8) is 0 Å². The summed E-state index contributed by atoms with van der Waals surface area (Å²) < 4.78 is 0. The van der Waals surface area contributed by atoms with E-state index in [-0.39, 0.29) is 5.56 Å². The molecule has 16 heavy (non-hydrogen) atoms. The molecule has 0 radical (unpaired) electrons. The second-order valence-corrected chi connectivity index (χ2v) is 4.08. The highest BCUT2D eigenvalue weighted by atomic mass is 32.2. The predicted octanol–water partition coefficient (Wildman–Crippen LogP) is 2.33. The number of aromatic nitrogens is 2. The average molecular weight is 232 g/mol. The van der Waals surface area contributed by atoms with Crippen molar-refractivity contribution in [2.24, 2.45) is 0 Å². The van der Waals surface area contributed by atoms with Gasteiger partial charge >= 0.3 is 5.97 Å². The van der Waals surface area contributed by atoms with Gasteiger partial charge in [0.05, 0.1) is 5.56 Å². The third kappa shape index (κ3) is 2.38. The lowest BCUT2D eigenvalue weighted by Crippen LogP contribution is -1.99. The van der Waals surface area contributed by atoms with Crippen LogP contribution in [-0.2, 0) is 0 Å². The van der Waals surface area contributed by atoms with Gasteiger partial charge in [-0.1, -0.05) is 11.8 Å². The molecule has 2 aromatic rings. The van der Waals surface area contributed by atoms with E-state index in [2.05, 4.69) is 9.97 Å². The summed E-state index contributed by atoms with van der Waals surface area (Å²) in [5.41, 5.74) is 0.212. The molecule has 0 amide bonds. The lowest BCUT2D eigenvalue weighted by Gasteiger charge is -2.04. The Morgan fingerprint density at radius 1 is 1.12 bits per heavy atom. The highest BCUT2D eigenvalue weighted by Crippen LogP contribution is 2.29. The van der Waals surface area contributed by atoms with E-state index in [1.54, 1.807) is 24.7 Å². The number of carboxylic acids is 1. The highest BCUT2D eigenvalue weighted by molar-refractivity contribution is 7.99. The number of pyridine rings is 2. The van der Waals surface area contributed by atoms with Crippen LogP contribution >= 0.6 is 11.8 Å². The Kier molecular flexibility index (Phi) is 3.16. The van der Waals surface area contributed by atoms with Gasteiger partial charge in [0.25, 0.3) is 0 Å². The second kappa shape index (κ2) is 4.76. The minimum Gasteiger partial charge on any atom is -0.478 e. The zero-order valence-electron chi connectivity index (χ0n) is 8.20. The quantitative estimate of drug-likeness (QED) is 0.879. The molecule has 0 saturated heterocycles. The summed E-state index contributed by atoms with van der Waals surface area (Å²) in [5, 5.41) is 8.98. The molecule has 2 aromatic heterocycles. The molecule has 0 aliphatic carbocycles. The van der Waals surface area contributed by atoms with E-state index in [4.69, 9.17) is 5.11 Å². The Hall–Kier alpha value is -1.88. The number of nitrogens with zero attached hydrogens (tertiary/aromatic N) is 2. The maximum Gasteiger partial charge on any atom is 0.338 e. The van der Waals surface area contributed by atoms with Gasteiger partial charge in [-0.15, -0.1) is 0 Å². The first-order valence-electron chi connectivity index (χ1n) is 4.52. The van der Waals surface area contributed by atoms with E-state index in [0.29, 0.717) is 4.90 Å². The number of hydrogen-bond acceptors (Lipinski definition) is 4. The smallest absolute Gasteiger partial charge is 0.338 e. The molecule has 0 aliphatic heterocycles. The van der Waals surface area contributed by atoms with Crippen LogP contribution in [0.1, 0.15) is 10.4 Å². The molecule has 5 heteroatoms. The van der Waals surface area contributed by atoms with Crippen molar-refractivity contribution >= 4 is 17.7 Å². The minimum atomic E-state index is -0.968. The molecule has 0 saturated carbocycles. The van der Waals surface area contributed by atoms with Gasteiger partial charge in [-0.2, -0.15) is 0 Å². The molecule has 0 fully saturated rings. The number of carboxylic acid groups (broad SMARTS) is 1. The number of rotatable bonds is 3. The van der Waals surface area contributed by atoms with Crippen LogP contribution in [0.25, 0.3) is 0 Å². The van der Waals surface area contributed by atoms with Gasteiger partial charge in [-0.25, -0.2) is 4.79 Å². The van der Waals surface area contributed by atoms with E-state index in [1.807, 2.05) is 12.1 Å². The van der Waals surface area contributed by atoms with Crippen molar-refractivity contribution in [2.45, 2.75) is 9.79 Å². The molecule has 2 heterocycles. The summed E-state index contributed by atoms with van der Waals surface area (Å²) in [6, 6.07) is 5.35. The minimum absolute atomic E-state index is 0.212. The topological polar surface area (TPSA) is 63.1 Å². The lowest BCUT2D eigenvalue weighted by molar-refractivity contribution is 0.0692. The van der Waals surface area contributed by atoms with E-state index in [0.717, 1.165) is 4.90 Å². The van der Waals surface area contributed by atoms with Crippen molar-refractivity contribution in [3.8, 4) is 0 Å². The molecule has 1 N–H and O–H groups in total. The highest BCUT2D eigenvalue weighted by Gasteiger charge is 2.10. The molecule has 0 spiro atoms. The molecule has 80 valence electrons. The van der Waals surface area contributed by atoms with Crippen LogP contribution < -0.4 is 0 Å². The summed E-state index contributed by atoms with van der Waals surface area (Å²) in [6.45, 7) is 0. The molecule has 0 unspecified atom stereocenters. The maximum absolute atomic E-state index is 10.9. The summed E-state index contributed by atoms with van der Waals surface area (Å²) in [5.74, 6) is -0.968. The van der Waals surface area contributed by atoms with Crippen molar-refractivity contribution in [3.05, 3.63) is 48.5 Å². The Morgan fingerprint density at radius 3 is 2.50 bits per heavy atom. The van der Waals surface area contributed by atoms with Gasteiger partial charge in [-0.05, 0) is 18.2 Å². The Balaban J connectivity index is 2.31. The molecule has 4 nitrogen and oxygen atoms in total. The van der Waals surface area contributed by atoms with E-state index in [1.165, 1.54) is 18.0 Å². The van der Waals surface area contributed by atoms with Crippen LogP contribution in [-0.4, -0.2) is 21.0 Å². The fraction of sp³-hybridized carbons (Fsp3) is 0. The van der Waals surface area contributed by atoms with Crippen LogP contribution in [0.15, 0.2) is 52.8 Å². The van der Waals surface area contributed by atoms with Crippen LogP contribution in [0.3, 0.4) is 0 Å². The van der Waals surface area contributed by atoms with Crippen molar-refractivity contribution in [2.75, 3.05) is 0 Å². The van der Waals surface area contributed by atoms with Crippen molar-refractivity contribution < 1.29 is 9.90 Å². The summed E-state index contributed by atoms with van der Waals surface area (Å²) in [6.07, 6.45) is 6.27. The molecule has 0 atom stereocenters. The molecule has 0 aromatic carbocycles. The Labute approximate surface area is 96.4 Å². The van der Waals surface area contributed by atoms with Crippen LogP contribution in [0.5, 0.6) is 0 Å². The third-order valence-electron chi connectivity index (χ3n) is 1.89. The van der Waals surface area contributed by atoms with Gasteiger partial charge in [0.2, 0.25) is 0 Å². The first-order chi connectivity index (χ1) is 7.77. The molecule has 0 aliphatic rings. The fourth-order valence-electron chi connectivity index (χ4n) is 1.16. The van der Waals surface area contributed by atoms with Gasteiger partial charge in [0.15, 0.2) is 0 Å². The van der Waals surface area contributed by atoms with E-state index < -0.39 is 5.97 Å². The summed E-state index contributed by atoms with van der Waals surface area (Å²) in [4.78, 5) is 20.3. The van der Waals surface area contributed by atoms with E-state index in [9.17, 15) is 4.79 Å². The number of aromatic carboxylic acids is 1. The zero-order chi connectivity index (χ0) is 11.4. The van der Waals surface area contributed by atoms with Gasteiger partial charge in [0, 0.05) is 34.6 Å². The summed E-state index contributed by atoms with van der Waals surface area (Å²) in [7, 11) is 0. The molecular formula is C11H8N2O2S. The van der Waals surface area contributed by atoms with Crippen LogP contribution in [0, 0.1) is 0 Å². The lowest BCUT2D eigenvalue weighted by atomic mass is 10.3. The maximum atomic E-state index is 10.9. The Morgan fingerprint density at radius 2 is 1.81 bits per heavy atom. The van der Waals surface area contributed by atoms with Crippen LogP contribution in [0.4, 0.5) is 0 Å². The predicted molar refractivity (Wildman–Crippen MR) is 59.6 cm³/mol. The van der Waals surface area contributed by atoms with Crippen LogP contribution in [0.2, 0.25) is 0 Å². The average Bonchev–Trinajstić information content (AvgIpc) is 2.31. The number of hydrogen-bond donors (Lipinski definition) is 1. The first-order valence-corrected chi connectivity index (χ1v) is 5.34. The standard InChI is InChI=1S/C11H8N2O2S/c14-11(15)9-7-13-6-3-10(9)16-8-1-4-12-5-2-8/h1-7H,(H,14,15). The van der Waals surface area contributed by atoms with Gasteiger partial charge < -0.3 is 5.11 Å². The fourth-order valence-corrected chi connectivity index (χ4v) is 2.06. The van der Waals surface area contributed by atoms with Crippen molar-refractivity contribution in [1.82, 2.24) is 9.97 Å². The largest absolute Gasteiger partial charge is 0.478 e. The Bertz CT molecular complexity index is 502. The molecular weight excluding hydrogens is 224 g/mol. The molecule has 0 bridgehead atoms. The van der Waals surface area contributed by atoms with Gasteiger partial charge in [-0.3, -0.25) is 9.97 Å². The third-order valence-corrected chi connectivity index (χ3v) is 2.97. The second-order valence-electron chi connectivity index (χ2n) is 2.96.